The van der Waals surface area contributed by atoms with Gasteiger partial charge in [-0.2, -0.15) is 0 Å². The molecule has 1 heterocycles. The van der Waals surface area contributed by atoms with Gasteiger partial charge in [-0.3, -0.25) is 14.8 Å². The number of anilines is 1. The van der Waals surface area contributed by atoms with Crippen molar-refractivity contribution in [3.63, 3.8) is 0 Å². The molecule has 2 aromatic carbocycles. The monoisotopic (exact) mass is 491 g/mol. The normalized spacial score (nSPS) is 15.2. The van der Waals surface area contributed by atoms with Crippen LogP contribution in [-0.4, -0.2) is 63.6 Å². The molecule has 2 amide bonds. The highest BCUT2D eigenvalue weighted by Crippen LogP contribution is 2.35. The van der Waals surface area contributed by atoms with Gasteiger partial charge in [-0.1, -0.05) is 0 Å². The van der Waals surface area contributed by atoms with Crippen molar-refractivity contribution in [1.29, 1.82) is 0 Å². The van der Waals surface area contributed by atoms with Crippen molar-refractivity contribution in [2.24, 2.45) is 0 Å². The molecule has 1 fully saturated rings. The second-order valence-corrected chi connectivity index (χ2v) is 10.1. The highest BCUT2D eigenvalue weighted by atomic mass is 32.2. The molecule has 0 atom stereocenters. The molecule has 3 rings (SSSR count). The molecule has 0 unspecified atom stereocenters. The van der Waals surface area contributed by atoms with E-state index >= 15 is 0 Å². The Bertz CT molecular complexity index is 1080. The maximum Gasteiger partial charge on any atom is 0.265 e. The summed E-state index contributed by atoms with van der Waals surface area (Å²) in [6.07, 6.45) is 0.579. The lowest BCUT2D eigenvalue weighted by atomic mass is 9.98. The third kappa shape index (κ3) is 5.49. The molecule has 0 aliphatic carbocycles. The van der Waals surface area contributed by atoms with E-state index in [1.54, 1.807) is 43.5 Å². The van der Waals surface area contributed by atoms with Gasteiger partial charge in [0.25, 0.3) is 11.8 Å². The maximum absolute atomic E-state index is 13.2. The molecular weight excluding hydrogens is 462 g/mol. The molecule has 0 saturated carbocycles. The van der Waals surface area contributed by atoms with Crippen LogP contribution in [0.3, 0.4) is 0 Å². The van der Waals surface area contributed by atoms with Crippen LogP contribution in [0.2, 0.25) is 0 Å². The Morgan fingerprint density at radius 3 is 2.26 bits per heavy atom. The summed E-state index contributed by atoms with van der Waals surface area (Å²) in [4.78, 5) is 24.5. The summed E-state index contributed by atoms with van der Waals surface area (Å²) in [7, 11) is -2.49. The smallest absolute Gasteiger partial charge is 0.265 e. The van der Waals surface area contributed by atoms with E-state index in [2.05, 4.69) is 10.6 Å². The average molecular weight is 492 g/mol. The number of benzene rings is 2. The molecule has 0 radical (unpaired) electrons. The minimum absolute atomic E-state index is 0.00435. The molecule has 0 aromatic heterocycles. The predicted octanol–water partition coefficient (Wildman–Crippen LogP) is 1.76. The standard InChI is InChI=1S/C23H29N3O7S/c1-32-19-7-3-17(4-8-19)21(27)25-14-2-13-24-18-5-9-20(10-6-18)34(30,31)23(22(28)26-29)11-15-33-16-12-23/h3-10,24,29H,2,11-16H2,1H3,(H,25,27)(H,26,28). The number of methoxy groups -OCH3 is 1. The van der Waals surface area contributed by atoms with Crippen LogP contribution < -0.4 is 20.9 Å². The van der Waals surface area contributed by atoms with Crippen molar-refractivity contribution in [3.05, 3.63) is 54.1 Å². The molecule has 0 spiro atoms. The minimum atomic E-state index is -4.06. The fourth-order valence-electron chi connectivity index (χ4n) is 3.77. The van der Waals surface area contributed by atoms with Gasteiger partial charge in [-0.25, -0.2) is 13.9 Å². The molecule has 11 heteroatoms. The van der Waals surface area contributed by atoms with E-state index in [1.807, 2.05) is 0 Å². The first-order valence-corrected chi connectivity index (χ1v) is 12.4. The summed E-state index contributed by atoms with van der Waals surface area (Å²) < 4.78 is 35.0. The third-order valence-electron chi connectivity index (χ3n) is 5.82. The number of carbonyl (C=O) groups excluding carboxylic acids is 2. The first-order chi connectivity index (χ1) is 16.3. The zero-order valence-corrected chi connectivity index (χ0v) is 19.7. The van der Waals surface area contributed by atoms with E-state index in [-0.39, 0.29) is 36.9 Å². The Morgan fingerprint density at radius 1 is 1.03 bits per heavy atom. The van der Waals surface area contributed by atoms with Gasteiger partial charge in [0.2, 0.25) is 0 Å². The second-order valence-electron chi connectivity index (χ2n) is 7.84. The number of hydroxylamine groups is 1. The Balaban J connectivity index is 1.52. The van der Waals surface area contributed by atoms with Gasteiger partial charge in [0, 0.05) is 37.6 Å². The van der Waals surface area contributed by atoms with Gasteiger partial charge in [0.15, 0.2) is 14.6 Å². The maximum atomic E-state index is 13.2. The molecule has 34 heavy (non-hydrogen) atoms. The van der Waals surface area contributed by atoms with Gasteiger partial charge in [-0.05, 0) is 67.8 Å². The average Bonchev–Trinajstić information content (AvgIpc) is 2.88. The summed E-state index contributed by atoms with van der Waals surface area (Å²) in [6, 6.07) is 12.9. The third-order valence-corrected chi connectivity index (χ3v) is 8.33. The number of rotatable bonds is 10. The van der Waals surface area contributed by atoms with Gasteiger partial charge in [0.1, 0.15) is 5.75 Å². The van der Waals surface area contributed by atoms with Gasteiger partial charge < -0.3 is 20.1 Å². The summed E-state index contributed by atoms with van der Waals surface area (Å²) in [6.45, 7) is 1.25. The van der Waals surface area contributed by atoms with Crippen molar-refractivity contribution in [2.45, 2.75) is 28.9 Å². The first kappa shape index (κ1) is 25.5. The topological polar surface area (TPSA) is 143 Å². The van der Waals surface area contributed by atoms with Crippen LogP contribution in [0, 0.1) is 0 Å². The van der Waals surface area contributed by atoms with E-state index in [0.717, 1.165) is 0 Å². The van der Waals surface area contributed by atoms with E-state index < -0.39 is 20.5 Å². The largest absolute Gasteiger partial charge is 0.497 e. The summed E-state index contributed by atoms with van der Waals surface area (Å²) in [5.41, 5.74) is 2.75. The van der Waals surface area contributed by atoms with E-state index in [0.29, 0.717) is 36.5 Å². The molecule has 1 aliphatic rings. The van der Waals surface area contributed by atoms with Gasteiger partial charge in [-0.15, -0.1) is 0 Å². The lowest BCUT2D eigenvalue weighted by Gasteiger charge is -2.34. The van der Waals surface area contributed by atoms with Crippen molar-refractivity contribution >= 4 is 27.3 Å². The number of nitrogens with one attached hydrogen (secondary N) is 3. The highest BCUT2D eigenvalue weighted by molar-refractivity contribution is 7.93. The number of ether oxygens (including phenoxy) is 2. The van der Waals surface area contributed by atoms with Crippen LogP contribution in [0.5, 0.6) is 5.75 Å². The van der Waals surface area contributed by atoms with Crippen LogP contribution in [0.25, 0.3) is 0 Å². The predicted molar refractivity (Wildman–Crippen MR) is 125 cm³/mol. The van der Waals surface area contributed by atoms with Crippen LogP contribution in [0.15, 0.2) is 53.4 Å². The molecular formula is C23H29N3O7S. The Kier molecular flexibility index (Phi) is 8.48. The van der Waals surface area contributed by atoms with Crippen LogP contribution in [0.1, 0.15) is 29.6 Å². The first-order valence-electron chi connectivity index (χ1n) is 10.9. The van der Waals surface area contributed by atoms with E-state index in [1.165, 1.54) is 17.6 Å². The van der Waals surface area contributed by atoms with E-state index in [4.69, 9.17) is 14.7 Å². The number of hydrogen-bond acceptors (Lipinski definition) is 8. The van der Waals surface area contributed by atoms with Crippen molar-refractivity contribution in [1.82, 2.24) is 10.8 Å². The summed E-state index contributed by atoms with van der Waals surface area (Å²) in [5.74, 6) is -0.444. The quantitative estimate of drug-likeness (QED) is 0.224. The van der Waals surface area contributed by atoms with Gasteiger partial charge >= 0.3 is 0 Å². The zero-order valence-electron chi connectivity index (χ0n) is 18.9. The van der Waals surface area contributed by atoms with Crippen molar-refractivity contribution in [3.8, 4) is 5.75 Å². The van der Waals surface area contributed by atoms with Crippen LogP contribution in [0.4, 0.5) is 5.69 Å². The van der Waals surface area contributed by atoms with Gasteiger partial charge in [0.05, 0.1) is 12.0 Å². The Hall–Kier alpha value is -3.15. The van der Waals surface area contributed by atoms with Crippen LogP contribution >= 0.6 is 0 Å². The number of sulfone groups is 1. The van der Waals surface area contributed by atoms with Crippen LogP contribution in [-0.2, 0) is 19.4 Å². The van der Waals surface area contributed by atoms with Crippen molar-refractivity contribution in [2.75, 3.05) is 38.7 Å². The molecule has 10 nitrogen and oxygen atoms in total. The number of carbonyl (C=O) groups is 2. The second kappa shape index (κ2) is 11.3. The highest BCUT2D eigenvalue weighted by Gasteiger charge is 2.52. The van der Waals surface area contributed by atoms with E-state index in [9.17, 15) is 18.0 Å². The van der Waals surface area contributed by atoms with Crippen molar-refractivity contribution < 1.29 is 32.7 Å². The number of hydrogen-bond donors (Lipinski definition) is 4. The Morgan fingerprint density at radius 2 is 1.68 bits per heavy atom. The fraction of sp³-hybridized carbons (Fsp3) is 0.391. The fourth-order valence-corrected chi connectivity index (χ4v) is 5.71. The molecule has 4 N–H and O–H groups in total. The molecule has 0 bridgehead atoms. The summed E-state index contributed by atoms with van der Waals surface area (Å²) in [5, 5.41) is 15.1. The lowest BCUT2D eigenvalue weighted by molar-refractivity contribution is -0.134. The lowest BCUT2D eigenvalue weighted by Crippen LogP contribution is -2.54. The Labute approximate surface area is 198 Å². The minimum Gasteiger partial charge on any atom is -0.497 e. The molecule has 184 valence electrons. The molecule has 1 aliphatic heterocycles. The number of amides is 2. The summed E-state index contributed by atoms with van der Waals surface area (Å²) >= 11 is 0. The molecule has 2 aromatic rings. The zero-order chi connectivity index (χ0) is 24.6. The SMILES string of the molecule is COc1ccc(C(=O)NCCCNc2ccc(S(=O)(=O)C3(C(=O)NO)CCOCC3)cc2)cc1. The molecule has 1 saturated heterocycles.